The highest BCUT2D eigenvalue weighted by atomic mass is 32.2. The maximum absolute atomic E-state index is 6.03. The normalized spacial score (nSPS) is 10.1. The van der Waals surface area contributed by atoms with Gasteiger partial charge in [0.1, 0.15) is 11.5 Å². The van der Waals surface area contributed by atoms with E-state index in [9.17, 15) is 0 Å². The van der Waals surface area contributed by atoms with E-state index in [1.807, 2.05) is 42.5 Å². The monoisotopic (exact) mass is 261 g/mol. The highest BCUT2D eigenvalue weighted by Gasteiger charge is 2.06. The zero-order valence-electron chi connectivity index (χ0n) is 10.3. The molecular weight excluding hydrogens is 246 g/mol. The minimum absolute atomic E-state index is 0.667. The van der Waals surface area contributed by atoms with Crippen LogP contribution in [0.2, 0.25) is 0 Å². The van der Waals surface area contributed by atoms with Gasteiger partial charge in [-0.25, -0.2) is 0 Å². The number of hydrogen-bond donors (Lipinski definition) is 1. The Hall–Kier alpha value is -1.81. The van der Waals surface area contributed by atoms with Crippen molar-refractivity contribution in [1.82, 2.24) is 0 Å². The highest BCUT2D eigenvalue weighted by Crippen LogP contribution is 2.37. The molecule has 0 unspecified atom stereocenters. The van der Waals surface area contributed by atoms with Crippen LogP contribution in [-0.2, 0) is 0 Å². The third kappa shape index (κ3) is 2.71. The summed E-state index contributed by atoms with van der Waals surface area (Å²) in [7, 11) is 3.27. The van der Waals surface area contributed by atoms with Crippen LogP contribution in [0.15, 0.2) is 52.3 Å². The molecule has 3 nitrogen and oxygen atoms in total. The van der Waals surface area contributed by atoms with E-state index in [4.69, 9.17) is 15.2 Å². The molecule has 2 aromatic rings. The molecule has 0 saturated carbocycles. The lowest BCUT2D eigenvalue weighted by atomic mass is 10.3. The summed E-state index contributed by atoms with van der Waals surface area (Å²) >= 11 is 1.60. The van der Waals surface area contributed by atoms with Gasteiger partial charge in [0.05, 0.1) is 19.9 Å². The summed E-state index contributed by atoms with van der Waals surface area (Å²) in [5, 5.41) is 0. The first-order valence-corrected chi connectivity index (χ1v) is 6.30. The molecule has 0 aromatic heterocycles. The van der Waals surface area contributed by atoms with Crippen molar-refractivity contribution < 1.29 is 9.47 Å². The van der Waals surface area contributed by atoms with Crippen molar-refractivity contribution in [3.05, 3.63) is 42.5 Å². The first kappa shape index (κ1) is 12.6. The van der Waals surface area contributed by atoms with Crippen molar-refractivity contribution in [2.45, 2.75) is 9.79 Å². The lowest BCUT2D eigenvalue weighted by molar-refractivity contribution is 0.414. The van der Waals surface area contributed by atoms with Crippen LogP contribution in [-0.4, -0.2) is 14.2 Å². The molecule has 0 radical (unpaired) electrons. The molecule has 0 bridgehead atoms. The van der Waals surface area contributed by atoms with Crippen LogP contribution in [0.25, 0.3) is 0 Å². The van der Waals surface area contributed by atoms with Gasteiger partial charge in [0.2, 0.25) is 0 Å². The van der Waals surface area contributed by atoms with Gasteiger partial charge in [0.25, 0.3) is 0 Å². The average molecular weight is 261 g/mol. The summed E-state index contributed by atoms with van der Waals surface area (Å²) < 4.78 is 10.3. The molecule has 0 spiro atoms. The molecule has 0 fully saturated rings. The van der Waals surface area contributed by atoms with Gasteiger partial charge in [-0.15, -0.1) is 0 Å². The van der Waals surface area contributed by atoms with Gasteiger partial charge in [-0.2, -0.15) is 0 Å². The zero-order chi connectivity index (χ0) is 13.0. The maximum atomic E-state index is 6.03. The van der Waals surface area contributed by atoms with Gasteiger partial charge in [0.15, 0.2) is 0 Å². The van der Waals surface area contributed by atoms with Crippen molar-refractivity contribution in [3.63, 3.8) is 0 Å². The molecule has 4 heteroatoms. The second kappa shape index (κ2) is 5.69. The molecule has 94 valence electrons. The van der Waals surface area contributed by atoms with Gasteiger partial charge in [0, 0.05) is 9.79 Å². The molecule has 0 aliphatic rings. The summed E-state index contributed by atoms with van der Waals surface area (Å²) in [5.74, 6) is 1.55. The maximum Gasteiger partial charge on any atom is 0.142 e. The minimum Gasteiger partial charge on any atom is -0.497 e. The molecule has 0 aliphatic carbocycles. The van der Waals surface area contributed by atoms with E-state index < -0.39 is 0 Å². The molecule has 18 heavy (non-hydrogen) atoms. The van der Waals surface area contributed by atoms with Crippen LogP contribution < -0.4 is 15.2 Å². The number of para-hydroxylation sites is 1. The van der Waals surface area contributed by atoms with Crippen molar-refractivity contribution >= 4 is 17.4 Å². The molecule has 0 amide bonds. The first-order valence-electron chi connectivity index (χ1n) is 5.49. The van der Waals surface area contributed by atoms with Gasteiger partial charge in [-0.1, -0.05) is 17.8 Å². The van der Waals surface area contributed by atoms with Crippen molar-refractivity contribution in [2.24, 2.45) is 0 Å². The second-order valence-electron chi connectivity index (χ2n) is 3.65. The van der Waals surface area contributed by atoms with E-state index in [-0.39, 0.29) is 0 Å². The number of benzene rings is 2. The molecular formula is C14H15NO2S. The highest BCUT2D eigenvalue weighted by molar-refractivity contribution is 7.99. The van der Waals surface area contributed by atoms with Crippen LogP contribution >= 0.6 is 11.8 Å². The molecule has 0 atom stereocenters. The first-order chi connectivity index (χ1) is 8.74. The number of methoxy groups -OCH3 is 2. The number of nitrogens with two attached hydrogens (primary N) is 1. The summed E-state index contributed by atoms with van der Waals surface area (Å²) in [6, 6.07) is 13.6. The Morgan fingerprint density at radius 2 is 1.67 bits per heavy atom. The third-order valence-corrected chi connectivity index (χ3v) is 3.62. The van der Waals surface area contributed by atoms with Crippen LogP contribution in [0, 0.1) is 0 Å². The fraction of sp³-hybridized carbons (Fsp3) is 0.143. The van der Waals surface area contributed by atoms with Gasteiger partial charge < -0.3 is 15.2 Å². The molecule has 2 rings (SSSR count). The van der Waals surface area contributed by atoms with E-state index >= 15 is 0 Å². The lowest BCUT2D eigenvalue weighted by Gasteiger charge is -2.09. The number of nitrogen functional groups attached to an aromatic ring is 1. The van der Waals surface area contributed by atoms with Crippen molar-refractivity contribution in [3.8, 4) is 11.5 Å². The van der Waals surface area contributed by atoms with E-state index in [0.29, 0.717) is 11.4 Å². The van der Waals surface area contributed by atoms with Crippen molar-refractivity contribution in [1.29, 1.82) is 0 Å². The van der Waals surface area contributed by atoms with E-state index in [2.05, 4.69) is 0 Å². The molecule has 0 saturated heterocycles. The minimum atomic E-state index is 0.667. The number of anilines is 1. The second-order valence-corrected chi connectivity index (χ2v) is 4.77. The van der Waals surface area contributed by atoms with Crippen LogP contribution in [0.4, 0.5) is 5.69 Å². The molecule has 2 aromatic carbocycles. The Bertz CT molecular complexity index is 526. The van der Waals surface area contributed by atoms with Gasteiger partial charge >= 0.3 is 0 Å². The number of ether oxygens (including phenoxy) is 2. The molecule has 2 N–H and O–H groups in total. The fourth-order valence-electron chi connectivity index (χ4n) is 1.56. The Kier molecular flexibility index (Phi) is 3.99. The van der Waals surface area contributed by atoms with Crippen LogP contribution in [0.3, 0.4) is 0 Å². The Morgan fingerprint density at radius 1 is 0.944 bits per heavy atom. The van der Waals surface area contributed by atoms with E-state index in [1.54, 1.807) is 26.0 Å². The Morgan fingerprint density at radius 3 is 2.28 bits per heavy atom. The fourth-order valence-corrected chi connectivity index (χ4v) is 2.44. The van der Waals surface area contributed by atoms with Crippen molar-refractivity contribution in [2.75, 3.05) is 20.0 Å². The number of rotatable bonds is 4. The standard InChI is InChI=1S/C14H15NO2S/c1-16-10-6-8-11(9-7-10)18-13-5-3-4-12(17-2)14(13)15/h3-9H,15H2,1-2H3. The SMILES string of the molecule is COc1ccc(Sc2cccc(OC)c2N)cc1. The lowest BCUT2D eigenvalue weighted by Crippen LogP contribution is -1.93. The topological polar surface area (TPSA) is 44.5 Å². The van der Waals surface area contributed by atoms with Gasteiger partial charge in [-0.05, 0) is 36.4 Å². The summed E-state index contributed by atoms with van der Waals surface area (Å²) in [6.07, 6.45) is 0. The summed E-state index contributed by atoms with van der Waals surface area (Å²) in [6.45, 7) is 0. The summed E-state index contributed by atoms with van der Waals surface area (Å²) in [4.78, 5) is 2.09. The zero-order valence-corrected chi connectivity index (χ0v) is 11.2. The molecule has 0 aliphatic heterocycles. The number of hydrogen-bond acceptors (Lipinski definition) is 4. The van der Waals surface area contributed by atoms with Crippen LogP contribution in [0.5, 0.6) is 11.5 Å². The van der Waals surface area contributed by atoms with Crippen LogP contribution in [0.1, 0.15) is 0 Å². The quantitative estimate of drug-likeness (QED) is 0.856. The average Bonchev–Trinajstić information content (AvgIpc) is 2.42. The predicted molar refractivity (Wildman–Crippen MR) is 74.5 cm³/mol. The Labute approximate surface area is 111 Å². The predicted octanol–water partition coefficient (Wildman–Crippen LogP) is 3.44. The largest absolute Gasteiger partial charge is 0.497 e. The summed E-state index contributed by atoms with van der Waals surface area (Å²) in [5.41, 5.74) is 6.69. The smallest absolute Gasteiger partial charge is 0.142 e. The Balaban J connectivity index is 2.22. The third-order valence-electron chi connectivity index (χ3n) is 2.53. The van der Waals surface area contributed by atoms with Gasteiger partial charge in [-0.3, -0.25) is 0 Å². The van der Waals surface area contributed by atoms with E-state index in [1.165, 1.54) is 0 Å². The molecule has 0 heterocycles. The van der Waals surface area contributed by atoms with E-state index in [0.717, 1.165) is 15.5 Å².